The third kappa shape index (κ3) is 1.78. The molecule has 1 N–H and O–H groups in total. The molecule has 82 valence electrons. The van der Waals surface area contributed by atoms with Gasteiger partial charge in [-0.15, -0.1) is 11.3 Å². The Labute approximate surface area is 93.2 Å². The van der Waals surface area contributed by atoms with Crippen molar-refractivity contribution < 1.29 is 9.90 Å². The van der Waals surface area contributed by atoms with Gasteiger partial charge < -0.3 is 5.11 Å². The van der Waals surface area contributed by atoms with Crippen LogP contribution in [0.2, 0.25) is 0 Å². The van der Waals surface area contributed by atoms with Crippen LogP contribution in [0.5, 0.6) is 0 Å². The lowest BCUT2D eigenvalue weighted by atomic mass is 9.86. The maximum atomic E-state index is 11.0. The molecule has 1 aliphatic carbocycles. The van der Waals surface area contributed by atoms with Crippen LogP contribution in [0.15, 0.2) is 5.38 Å². The zero-order valence-electron chi connectivity index (χ0n) is 8.99. The van der Waals surface area contributed by atoms with Crippen molar-refractivity contribution in [3.8, 4) is 0 Å². The van der Waals surface area contributed by atoms with Crippen molar-refractivity contribution in [2.75, 3.05) is 0 Å². The van der Waals surface area contributed by atoms with Crippen molar-refractivity contribution in [2.45, 2.75) is 44.4 Å². The molecule has 0 aliphatic heterocycles. The molecule has 1 fully saturated rings. The molecule has 4 heteroatoms. The summed E-state index contributed by atoms with van der Waals surface area (Å²) in [5.41, 5.74) is -0.166. The van der Waals surface area contributed by atoms with E-state index in [1.165, 1.54) is 19.3 Å². The van der Waals surface area contributed by atoms with E-state index in [1.54, 1.807) is 25.2 Å². The molecule has 0 atom stereocenters. The molecular weight excluding hydrogens is 210 g/mol. The quantitative estimate of drug-likeness (QED) is 0.860. The van der Waals surface area contributed by atoms with Crippen LogP contribution in [0.3, 0.4) is 0 Å². The Morgan fingerprint density at radius 2 is 2.27 bits per heavy atom. The number of nitrogens with zero attached hydrogens (tertiary/aromatic N) is 1. The van der Waals surface area contributed by atoms with E-state index in [2.05, 4.69) is 4.98 Å². The van der Waals surface area contributed by atoms with Crippen LogP contribution in [0.1, 0.15) is 49.7 Å². The topological polar surface area (TPSA) is 50.2 Å². The Morgan fingerprint density at radius 3 is 2.73 bits per heavy atom. The van der Waals surface area contributed by atoms with Gasteiger partial charge >= 0.3 is 5.97 Å². The number of hydrogen-bond acceptors (Lipinski definition) is 3. The van der Waals surface area contributed by atoms with Crippen molar-refractivity contribution in [1.82, 2.24) is 4.98 Å². The van der Waals surface area contributed by atoms with Crippen molar-refractivity contribution in [1.29, 1.82) is 0 Å². The average molecular weight is 225 g/mol. The molecule has 1 aliphatic rings. The highest BCUT2D eigenvalue weighted by atomic mass is 32.1. The largest absolute Gasteiger partial charge is 0.481 e. The van der Waals surface area contributed by atoms with Crippen LogP contribution in [0.25, 0.3) is 0 Å². The predicted octanol–water partition coefficient (Wildman–Crippen LogP) is 2.77. The van der Waals surface area contributed by atoms with Crippen LogP contribution in [0, 0.1) is 0 Å². The summed E-state index contributed by atoms with van der Waals surface area (Å²) in [5, 5.41) is 12.1. The fraction of sp³-hybridized carbons (Fsp3) is 0.636. The van der Waals surface area contributed by atoms with Crippen LogP contribution in [-0.2, 0) is 10.2 Å². The SMILES string of the molecule is CC(C)(C(=O)O)c1csc(C2CCC2)n1. The summed E-state index contributed by atoms with van der Waals surface area (Å²) in [6.07, 6.45) is 3.70. The molecule has 0 bridgehead atoms. The summed E-state index contributed by atoms with van der Waals surface area (Å²) in [4.78, 5) is 15.5. The minimum absolute atomic E-state index is 0.591. The van der Waals surface area contributed by atoms with Gasteiger partial charge in [0.1, 0.15) is 5.41 Å². The number of carbonyl (C=O) groups is 1. The number of carboxylic acids is 1. The molecule has 2 rings (SSSR count). The van der Waals surface area contributed by atoms with Crippen LogP contribution < -0.4 is 0 Å². The summed E-state index contributed by atoms with van der Waals surface area (Å²) >= 11 is 1.60. The van der Waals surface area contributed by atoms with Gasteiger partial charge in [-0.2, -0.15) is 0 Å². The van der Waals surface area contributed by atoms with Crippen LogP contribution >= 0.6 is 11.3 Å². The number of rotatable bonds is 3. The second kappa shape index (κ2) is 3.59. The Morgan fingerprint density at radius 1 is 1.60 bits per heavy atom. The molecule has 0 unspecified atom stereocenters. The van der Waals surface area contributed by atoms with Gasteiger partial charge in [0.05, 0.1) is 10.7 Å². The van der Waals surface area contributed by atoms with Gasteiger partial charge in [-0.3, -0.25) is 4.79 Å². The standard InChI is InChI=1S/C11H15NO2S/c1-11(2,10(13)14)8-6-15-9(12-8)7-4-3-5-7/h6-7H,3-5H2,1-2H3,(H,13,14). The lowest BCUT2D eigenvalue weighted by molar-refractivity contribution is -0.142. The van der Waals surface area contributed by atoms with E-state index >= 15 is 0 Å². The Hall–Kier alpha value is -0.900. The van der Waals surface area contributed by atoms with E-state index in [1.807, 2.05) is 5.38 Å². The predicted molar refractivity (Wildman–Crippen MR) is 59.4 cm³/mol. The van der Waals surface area contributed by atoms with Gasteiger partial charge in [-0.05, 0) is 26.7 Å². The van der Waals surface area contributed by atoms with E-state index < -0.39 is 11.4 Å². The normalized spacial score (nSPS) is 17.5. The lowest BCUT2D eigenvalue weighted by Crippen LogP contribution is -2.29. The first kappa shape index (κ1) is 10.6. The van der Waals surface area contributed by atoms with Gasteiger partial charge in [0.2, 0.25) is 0 Å². The number of carboxylic acid groups (broad SMARTS) is 1. The highest BCUT2D eigenvalue weighted by Gasteiger charge is 2.33. The zero-order valence-corrected chi connectivity index (χ0v) is 9.80. The van der Waals surface area contributed by atoms with Crippen molar-refractivity contribution >= 4 is 17.3 Å². The molecule has 0 radical (unpaired) electrons. The highest BCUT2D eigenvalue weighted by molar-refractivity contribution is 7.09. The number of thiazole rings is 1. The van der Waals surface area contributed by atoms with E-state index in [4.69, 9.17) is 5.11 Å². The van der Waals surface area contributed by atoms with Crippen molar-refractivity contribution in [3.05, 3.63) is 16.1 Å². The summed E-state index contributed by atoms with van der Waals surface area (Å²) in [7, 11) is 0. The average Bonchev–Trinajstić information content (AvgIpc) is 2.50. The summed E-state index contributed by atoms with van der Waals surface area (Å²) < 4.78 is 0. The van der Waals surface area contributed by atoms with Crippen molar-refractivity contribution in [2.24, 2.45) is 0 Å². The van der Waals surface area contributed by atoms with Crippen LogP contribution in [0.4, 0.5) is 0 Å². The summed E-state index contributed by atoms with van der Waals surface area (Å²) in [6, 6.07) is 0. The lowest BCUT2D eigenvalue weighted by Gasteiger charge is -2.23. The van der Waals surface area contributed by atoms with E-state index in [0.29, 0.717) is 11.6 Å². The number of aliphatic carboxylic acids is 1. The minimum atomic E-state index is -0.863. The molecule has 0 saturated heterocycles. The number of hydrogen-bond donors (Lipinski definition) is 1. The highest BCUT2D eigenvalue weighted by Crippen LogP contribution is 2.39. The first-order chi connectivity index (χ1) is 7.01. The second-order valence-electron chi connectivity index (χ2n) is 4.63. The first-order valence-electron chi connectivity index (χ1n) is 5.21. The maximum Gasteiger partial charge on any atom is 0.315 e. The first-order valence-corrected chi connectivity index (χ1v) is 6.09. The smallest absolute Gasteiger partial charge is 0.315 e. The van der Waals surface area contributed by atoms with E-state index in [0.717, 1.165) is 5.01 Å². The Kier molecular flexibility index (Phi) is 2.54. The molecule has 0 amide bonds. The van der Waals surface area contributed by atoms with Gasteiger partial charge in [0.15, 0.2) is 0 Å². The van der Waals surface area contributed by atoms with Gasteiger partial charge in [0, 0.05) is 11.3 Å². The molecule has 0 spiro atoms. The monoisotopic (exact) mass is 225 g/mol. The number of aromatic nitrogens is 1. The second-order valence-corrected chi connectivity index (χ2v) is 5.52. The minimum Gasteiger partial charge on any atom is -0.481 e. The summed E-state index contributed by atoms with van der Waals surface area (Å²) in [6.45, 7) is 3.41. The molecule has 15 heavy (non-hydrogen) atoms. The van der Waals surface area contributed by atoms with Crippen molar-refractivity contribution in [3.63, 3.8) is 0 Å². The third-order valence-electron chi connectivity index (χ3n) is 3.15. The van der Waals surface area contributed by atoms with E-state index in [9.17, 15) is 4.79 Å². The molecule has 1 aromatic heterocycles. The third-order valence-corrected chi connectivity index (χ3v) is 4.16. The maximum absolute atomic E-state index is 11.0. The Balaban J connectivity index is 2.22. The molecule has 0 aromatic carbocycles. The fourth-order valence-electron chi connectivity index (χ4n) is 1.53. The molecule has 1 saturated carbocycles. The van der Waals surface area contributed by atoms with Gasteiger partial charge in [-0.1, -0.05) is 6.42 Å². The molecule has 1 heterocycles. The molecule has 3 nitrogen and oxygen atoms in total. The Bertz CT molecular complexity index is 380. The molecular formula is C11H15NO2S. The molecule has 1 aromatic rings. The van der Waals surface area contributed by atoms with Gasteiger partial charge in [-0.25, -0.2) is 4.98 Å². The van der Waals surface area contributed by atoms with Crippen LogP contribution in [-0.4, -0.2) is 16.1 Å². The zero-order chi connectivity index (χ0) is 11.1. The fourth-order valence-corrected chi connectivity index (χ4v) is 2.69. The van der Waals surface area contributed by atoms with Gasteiger partial charge in [0.25, 0.3) is 0 Å². The summed E-state index contributed by atoms with van der Waals surface area (Å²) in [5.74, 6) is -0.221. The van der Waals surface area contributed by atoms with E-state index in [-0.39, 0.29) is 0 Å².